The number of carbonyl (C=O) groups is 1. The number of aromatic nitrogens is 2. The molecular formula is C20H27N5O2. The third-order valence-corrected chi connectivity index (χ3v) is 5.76. The zero-order valence-corrected chi connectivity index (χ0v) is 16.1. The van der Waals surface area contributed by atoms with Gasteiger partial charge in [-0.1, -0.05) is 0 Å². The molecule has 2 aliphatic rings. The lowest BCUT2D eigenvalue weighted by atomic mass is 10.1. The Morgan fingerprint density at radius 1 is 1.19 bits per heavy atom. The van der Waals surface area contributed by atoms with Gasteiger partial charge in [-0.3, -0.25) is 9.69 Å². The molecule has 1 amide bonds. The van der Waals surface area contributed by atoms with Crippen molar-refractivity contribution in [1.29, 1.82) is 0 Å². The van der Waals surface area contributed by atoms with Crippen LogP contribution in [0.5, 0.6) is 5.88 Å². The molecule has 2 fully saturated rings. The molecule has 0 radical (unpaired) electrons. The minimum Gasteiger partial charge on any atom is -0.480 e. The van der Waals surface area contributed by atoms with Gasteiger partial charge >= 0.3 is 0 Å². The topological polar surface area (TPSA) is 61.8 Å². The number of amides is 1. The fourth-order valence-electron chi connectivity index (χ4n) is 4.31. The van der Waals surface area contributed by atoms with E-state index >= 15 is 0 Å². The lowest BCUT2D eigenvalue weighted by Crippen LogP contribution is -2.51. The number of methoxy groups -OCH3 is 1. The molecule has 0 aliphatic carbocycles. The lowest BCUT2D eigenvalue weighted by molar-refractivity contribution is -0.129. The van der Waals surface area contributed by atoms with Crippen LogP contribution in [0.3, 0.4) is 0 Å². The molecule has 1 aromatic heterocycles. The van der Waals surface area contributed by atoms with Crippen molar-refractivity contribution >= 4 is 22.5 Å². The van der Waals surface area contributed by atoms with Gasteiger partial charge in [0.1, 0.15) is 6.33 Å². The standard InChI is InChI=1S/C20H27N5O2/c1-15(26)25-7-3-4-17(25)13-23-8-10-24(11-9-23)16-5-6-19-18(12-16)20(27-2)22-14-21-19/h5-6,12,14,17H,3-4,7-11,13H2,1-2H3. The average Bonchev–Trinajstić information content (AvgIpc) is 3.16. The summed E-state index contributed by atoms with van der Waals surface area (Å²) in [6.45, 7) is 7.59. The minimum atomic E-state index is 0.212. The summed E-state index contributed by atoms with van der Waals surface area (Å²) in [7, 11) is 1.64. The number of rotatable bonds is 4. The summed E-state index contributed by atoms with van der Waals surface area (Å²) in [4.78, 5) is 27.2. The van der Waals surface area contributed by atoms with Crippen molar-refractivity contribution in [3.63, 3.8) is 0 Å². The highest BCUT2D eigenvalue weighted by molar-refractivity contribution is 5.86. The van der Waals surface area contributed by atoms with Crippen LogP contribution in [0.25, 0.3) is 10.9 Å². The van der Waals surface area contributed by atoms with Crippen LogP contribution in [-0.2, 0) is 4.79 Å². The van der Waals surface area contributed by atoms with E-state index in [2.05, 4.69) is 31.9 Å². The summed E-state index contributed by atoms with van der Waals surface area (Å²) in [5.74, 6) is 0.828. The molecule has 0 bridgehead atoms. The summed E-state index contributed by atoms with van der Waals surface area (Å²) in [6.07, 6.45) is 3.79. The Labute approximate surface area is 159 Å². The van der Waals surface area contributed by atoms with E-state index in [4.69, 9.17) is 4.74 Å². The van der Waals surface area contributed by atoms with E-state index in [0.717, 1.165) is 63.0 Å². The van der Waals surface area contributed by atoms with Crippen LogP contribution >= 0.6 is 0 Å². The first-order valence-corrected chi connectivity index (χ1v) is 9.69. The van der Waals surface area contributed by atoms with Gasteiger partial charge in [-0.15, -0.1) is 0 Å². The Kier molecular flexibility index (Phi) is 5.11. The number of nitrogens with zero attached hydrogens (tertiary/aromatic N) is 5. The maximum atomic E-state index is 11.8. The molecule has 0 saturated carbocycles. The number of hydrogen-bond donors (Lipinski definition) is 0. The minimum absolute atomic E-state index is 0.212. The quantitative estimate of drug-likeness (QED) is 0.819. The monoisotopic (exact) mass is 369 g/mol. The normalized spacial score (nSPS) is 21.0. The molecular weight excluding hydrogens is 342 g/mol. The Hall–Kier alpha value is -2.41. The highest BCUT2D eigenvalue weighted by Gasteiger charge is 2.29. The highest BCUT2D eigenvalue weighted by atomic mass is 16.5. The summed E-state index contributed by atoms with van der Waals surface area (Å²) in [6, 6.07) is 6.66. The van der Waals surface area contributed by atoms with Crippen molar-refractivity contribution in [1.82, 2.24) is 19.8 Å². The van der Waals surface area contributed by atoms with Gasteiger partial charge in [-0.25, -0.2) is 9.97 Å². The molecule has 2 aromatic rings. The fraction of sp³-hybridized carbons (Fsp3) is 0.550. The molecule has 0 spiro atoms. The van der Waals surface area contributed by atoms with Crippen LogP contribution in [0.4, 0.5) is 5.69 Å². The summed E-state index contributed by atoms with van der Waals surface area (Å²) < 4.78 is 5.38. The summed E-state index contributed by atoms with van der Waals surface area (Å²) in [5, 5.41) is 0.947. The predicted octanol–water partition coefficient (Wildman–Crippen LogP) is 1.77. The molecule has 144 valence electrons. The second-order valence-electron chi connectivity index (χ2n) is 7.38. The van der Waals surface area contributed by atoms with E-state index in [-0.39, 0.29) is 5.91 Å². The van der Waals surface area contributed by atoms with Crippen LogP contribution in [0.15, 0.2) is 24.5 Å². The van der Waals surface area contributed by atoms with E-state index in [1.165, 1.54) is 12.0 Å². The Bertz CT molecular complexity index is 819. The molecule has 3 heterocycles. The van der Waals surface area contributed by atoms with Gasteiger partial charge in [0.2, 0.25) is 11.8 Å². The van der Waals surface area contributed by atoms with Gasteiger partial charge in [-0.2, -0.15) is 0 Å². The Morgan fingerprint density at radius 2 is 2.00 bits per heavy atom. The maximum absolute atomic E-state index is 11.8. The van der Waals surface area contributed by atoms with Crippen molar-refractivity contribution in [2.24, 2.45) is 0 Å². The van der Waals surface area contributed by atoms with Gasteiger partial charge in [0.05, 0.1) is 18.0 Å². The zero-order chi connectivity index (χ0) is 18.8. The van der Waals surface area contributed by atoms with E-state index in [0.29, 0.717) is 11.9 Å². The first-order chi connectivity index (χ1) is 13.2. The largest absolute Gasteiger partial charge is 0.480 e. The number of anilines is 1. The van der Waals surface area contributed by atoms with E-state index in [1.54, 1.807) is 14.0 Å². The van der Waals surface area contributed by atoms with Crippen LogP contribution < -0.4 is 9.64 Å². The molecule has 7 nitrogen and oxygen atoms in total. The highest BCUT2D eigenvalue weighted by Crippen LogP contribution is 2.27. The van der Waals surface area contributed by atoms with Gasteiger partial charge in [-0.05, 0) is 31.0 Å². The SMILES string of the molecule is COc1ncnc2ccc(N3CCN(CC4CCCN4C(C)=O)CC3)cc12. The molecule has 0 N–H and O–H groups in total. The van der Waals surface area contributed by atoms with Crippen LogP contribution in [0.1, 0.15) is 19.8 Å². The summed E-state index contributed by atoms with van der Waals surface area (Å²) >= 11 is 0. The van der Waals surface area contributed by atoms with E-state index in [9.17, 15) is 4.79 Å². The number of benzene rings is 1. The van der Waals surface area contributed by atoms with Crippen molar-refractivity contribution in [2.75, 3.05) is 51.3 Å². The number of fused-ring (bicyclic) bond motifs is 1. The number of piperazine rings is 1. The van der Waals surface area contributed by atoms with Crippen molar-refractivity contribution in [2.45, 2.75) is 25.8 Å². The Morgan fingerprint density at radius 3 is 2.74 bits per heavy atom. The summed E-state index contributed by atoms with van der Waals surface area (Å²) in [5.41, 5.74) is 2.08. The van der Waals surface area contributed by atoms with Crippen LogP contribution in [0, 0.1) is 0 Å². The number of hydrogen-bond acceptors (Lipinski definition) is 6. The Balaban J connectivity index is 1.40. The third-order valence-electron chi connectivity index (χ3n) is 5.76. The maximum Gasteiger partial charge on any atom is 0.224 e. The smallest absolute Gasteiger partial charge is 0.224 e. The van der Waals surface area contributed by atoms with Crippen molar-refractivity contribution in [3.8, 4) is 5.88 Å². The number of likely N-dealkylation sites (tertiary alicyclic amines) is 1. The number of carbonyl (C=O) groups excluding carboxylic acids is 1. The fourth-order valence-corrected chi connectivity index (χ4v) is 4.31. The second-order valence-corrected chi connectivity index (χ2v) is 7.38. The van der Waals surface area contributed by atoms with Crippen LogP contribution in [-0.4, -0.2) is 78.1 Å². The van der Waals surface area contributed by atoms with Gasteiger partial charge in [0.15, 0.2) is 0 Å². The first-order valence-electron chi connectivity index (χ1n) is 9.69. The molecule has 27 heavy (non-hydrogen) atoms. The van der Waals surface area contributed by atoms with Crippen molar-refractivity contribution < 1.29 is 9.53 Å². The average molecular weight is 369 g/mol. The molecule has 1 unspecified atom stereocenters. The molecule has 4 rings (SSSR count). The third kappa shape index (κ3) is 3.69. The van der Waals surface area contributed by atoms with Gasteiger partial charge < -0.3 is 14.5 Å². The first kappa shape index (κ1) is 18.0. The molecule has 2 aliphatic heterocycles. The number of ether oxygens (including phenoxy) is 1. The predicted molar refractivity (Wildman–Crippen MR) is 105 cm³/mol. The van der Waals surface area contributed by atoms with Gasteiger partial charge in [0.25, 0.3) is 0 Å². The molecule has 1 aromatic carbocycles. The van der Waals surface area contributed by atoms with E-state index < -0.39 is 0 Å². The van der Waals surface area contributed by atoms with Gasteiger partial charge in [0, 0.05) is 57.9 Å². The molecule has 2 saturated heterocycles. The van der Waals surface area contributed by atoms with Crippen LogP contribution in [0.2, 0.25) is 0 Å². The second kappa shape index (κ2) is 7.68. The van der Waals surface area contributed by atoms with Crippen molar-refractivity contribution in [3.05, 3.63) is 24.5 Å². The molecule has 7 heteroatoms. The molecule has 1 atom stereocenters. The lowest BCUT2D eigenvalue weighted by Gasteiger charge is -2.38. The zero-order valence-electron chi connectivity index (χ0n) is 16.1. The van der Waals surface area contributed by atoms with E-state index in [1.807, 2.05) is 11.0 Å².